The minimum Gasteiger partial charge on any atom is -0.389 e. The fourth-order valence-corrected chi connectivity index (χ4v) is 0.326. The van der Waals surface area contributed by atoms with Crippen molar-refractivity contribution >= 4 is 7.98 Å². The minimum absolute atomic E-state index is 0. The number of nitrogens with zero attached hydrogens (tertiary/aromatic N) is 2. The molecule has 0 amide bonds. The Hall–Kier alpha value is -0.219. The van der Waals surface area contributed by atoms with E-state index in [-0.39, 0.29) is 16.8 Å². The molecule has 0 aliphatic rings. The maximum absolute atomic E-state index is 3.78. The van der Waals surface area contributed by atoms with Crippen molar-refractivity contribution in [1.29, 1.82) is 0 Å². The molecule has 4 heteroatoms. The number of imidazole rings is 1. The minimum atomic E-state index is 0. The van der Waals surface area contributed by atoms with Crippen LogP contribution >= 0.6 is 0 Å². The molecule has 39 valence electrons. The largest absolute Gasteiger partial charge is 0.389 e. The van der Waals surface area contributed by atoms with E-state index in [9.17, 15) is 0 Å². The molecule has 0 unspecified atom stereocenters. The predicted molar refractivity (Wildman–Crippen MR) is 26.2 cm³/mol. The predicted octanol–water partition coefficient (Wildman–Crippen LogP) is -0.723. The van der Waals surface area contributed by atoms with Crippen LogP contribution in [0.2, 0.25) is 0 Å². The van der Waals surface area contributed by atoms with Gasteiger partial charge in [0.1, 0.15) is 0 Å². The summed E-state index contributed by atoms with van der Waals surface area (Å²) >= 11 is 0. The molecule has 0 saturated heterocycles. The Morgan fingerprint density at radius 3 is 2.43 bits per heavy atom. The number of hydrogen-bond donors (Lipinski definition) is 0. The van der Waals surface area contributed by atoms with E-state index in [4.69, 9.17) is 0 Å². The Labute approximate surface area is 53.6 Å². The van der Waals surface area contributed by atoms with Crippen LogP contribution in [0.3, 0.4) is 0 Å². The van der Waals surface area contributed by atoms with Gasteiger partial charge in [0.25, 0.3) is 0 Å². The molecule has 0 bridgehead atoms. The second-order valence-electron chi connectivity index (χ2n) is 1.23. The summed E-state index contributed by atoms with van der Waals surface area (Å²) < 4.78 is 1.89. The van der Waals surface area contributed by atoms with Crippen LogP contribution in [-0.4, -0.2) is 17.4 Å². The molecule has 0 fully saturated rings. The van der Waals surface area contributed by atoms with Gasteiger partial charge in [0, 0.05) is 29.2 Å². The second kappa shape index (κ2) is 2.87. The van der Waals surface area contributed by atoms with Crippen LogP contribution in [0, 0.1) is 0 Å². The molecule has 0 N–H and O–H groups in total. The monoisotopic (exact) mass is 139 g/mol. The van der Waals surface area contributed by atoms with Crippen LogP contribution in [0.15, 0.2) is 18.7 Å². The first-order valence-electron chi connectivity index (χ1n) is 1.81. The van der Waals surface area contributed by atoms with Gasteiger partial charge in [-0.1, -0.05) is 0 Å². The smallest absolute Gasteiger partial charge is 0.224 e. The molecule has 0 atom stereocenters. The van der Waals surface area contributed by atoms with E-state index in [0.29, 0.717) is 0 Å². The summed E-state index contributed by atoms with van der Waals surface area (Å²) in [7, 11) is 1.94. The van der Waals surface area contributed by atoms with E-state index in [1.807, 2.05) is 18.7 Å². The molecule has 7 heavy (non-hydrogen) atoms. The topological polar surface area (TPSA) is 17.8 Å². The number of hydrogen-bond acceptors (Lipinski definition) is 1. The SMILES string of the molecule is Bn1ccnc1.[Co]. The van der Waals surface area contributed by atoms with Gasteiger partial charge < -0.3 is 4.48 Å². The average molecular weight is 139 g/mol. The standard InChI is InChI=1S/C3H5BN2.Co/c4-6-2-1-5-3-6;/h1-3H,4H2;. The molecule has 0 spiro atoms. The normalized spacial score (nSPS) is 7.43. The molecule has 0 aromatic carbocycles. The Morgan fingerprint density at radius 2 is 2.29 bits per heavy atom. The van der Waals surface area contributed by atoms with Gasteiger partial charge in [-0.3, -0.25) is 0 Å². The van der Waals surface area contributed by atoms with E-state index in [2.05, 4.69) is 4.98 Å². The van der Waals surface area contributed by atoms with Crippen LogP contribution in [0.4, 0.5) is 0 Å². The zero-order valence-corrected chi connectivity index (χ0v) is 5.00. The molecular formula is C3H5BCoN2. The average Bonchev–Trinajstić information content (AvgIpc) is 1.86. The first kappa shape index (κ1) is 6.78. The van der Waals surface area contributed by atoms with E-state index in [0.717, 1.165) is 0 Å². The molecule has 2 nitrogen and oxygen atoms in total. The van der Waals surface area contributed by atoms with Crippen molar-refractivity contribution in [3.8, 4) is 0 Å². The summed E-state index contributed by atoms with van der Waals surface area (Å²) in [5.74, 6) is 0. The first-order chi connectivity index (χ1) is 2.89. The Bertz CT molecular complexity index is 116. The fourth-order valence-electron chi connectivity index (χ4n) is 0.326. The van der Waals surface area contributed by atoms with Gasteiger partial charge in [-0.05, 0) is 0 Å². The maximum Gasteiger partial charge on any atom is 0.224 e. The third-order valence-electron chi connectivity index (χ3n) is 0.637. The summed E-state index contributed by atoms with van der Waals surface area (Å²) in [6.07, 6.45) is 5.39. The van der Waals surface area contributed by atoms with E-state index in [1.165, 1.54) is 0 Å². The van der Waals surface area contributed by atoms with E-state index < -0.39 is 0 Å². The molecule has 0 aliphatic carbocycles. The summed E-state index contributed by atoms with van der Waals surface area (Å²) in [5, 5.41) is 0. The zero-order valence-electron chi connectivity index (χ0n) is 3.96. The summed E-state index contributed by atoms with van der Waals surface area (Å²) in [6.45, 7) is 0. The van der Waals surface area contributed by atoms with Crippen molar-refractivity contribution in [3.63, 3.8) is 0 Å². The van der Waals surface area contributed by atoms with Crippen molar-refractivity contribution in [1.82, 2.24) is 9.46 Å². The van der Waals surface area contributed by atoms with Crippen molar-refractivity contribution in [3.05, 3.63) is 18.7 Å². The van der Waals surface area contributed by atoms with Crippen molar-refractivity contribution in [2.75, 3.05) is 0 Å². The molecular weight excluding hydrogens is 134 g/mol. The van der Waals surface area contributed by atoms with Crippen LogP contribution in [0.5, 0.6) is 0 Å². The molecule has 1 heterocycles. The van der Waals surface area contributed by atoms with Gasteiger partial charge >= 0.3 is 0 Å². The number of aromatic nitrogens is 2. The second-order valence-corrected chi connectivity index (χ2v) is 1.23. The van der Waals surface area contributed by atoms with E-state index in [1.54, 1.807) is 12.5 Å². The van der Waals surface area contributed by atoms with Gasteiger partial charge in [-0.15, -0.1) is 0 Å². The maximum atomic E-state index is 3.78. The van der Waals surface area contributed by atoms with Crippen LogP contribution < -0.4 is 0 Å². The number of rotatable bonds is 0. The Balaban J connectivity index is 0.000000360. The van der Waals surface area contributed by atoms with Gasteiger partial charge in [0.05, 0.1) is 6.33 Å². The van der Waals surface area contributed by atoms with Crippen LogP contribution in [0.25, 0.3) is 0 Å². The van der Waals surface area contributed by atoms with Gasteiger partial charge in [-0.25, -0.2) is 4.98 Å². The van der Waals surface area contributed by atoms with Crippen molar-refractivity contribution in [2.24, 2.45) is 0 Å². The Kier molecular flexibility index (Phi) is 2.78. The molecule has 0 aliphatic heterocycles. The molecule has 1 rings (SSSR count). The molecule has 0 saturated carbocycles. The van der Waals surface area contributed by atoms with Crippen molar-refractivity contribution < 1.29 is 16.8 Å². The summed E-state index contributed by atoms with van der Waals surface area (Å²) in [5.41, 5.74) is 0. The third-order valence-corrected chi connectivity index (χ3v) is 0.637. The van der Waals surface area contributed by atoms with Gasteiger partial charge in [0.15, 0.2) is 0 Å². The van der Waals surface area contributed by atoms with Crippen molar-refractivity contribution in [2.45, 2.75) is 0 Å². The Morgan fingerprint density at radius 1 is 1.57 bits per heavy atom. The third kappa shape index (κ3) is 1.80. The zero-order chi connectivity index (χ0) is 4.41. The first-order valence-corrected chi connectivity index (χ1v) is 1.81. The van der Waals surface area contributed by atoms with Gasteiger partial charge in [-0.2, -0.15) is 0 Å². The van der Waals surface area contributed by atoms with Crippen LogP contribution in [-0.2, 0) is 16.8 Å². The summed E-state index contributed by atoms with van der Waals surface area (Å²) in [6, 6.07) is 0. The quantitative estimate of drug-likeness (QED) is 0.433. The summed E-state index contributed by atoms with van der Waals surface area (Å²) in [4.78, 5) is 3.78. The van der Waals surface area contributed by atoms with Gasteiger partial charge in [0.2, 0.25) is 7.98 Å². The molecule has 1 radical (unpaired) electrons. The molecule has 1 aromatic heterocycles. The molecule has 1 aromatic rings. The fraction of sp³-hybridized carbons (Fsp3) is 0. The van der Waals surface area contributed by atoms with E-state index >= 15 is 0 Å². The van der Waals surface area contributed by atoms with Crippen LogP contribution in [0.1, 0.15) is 0 Å².